The lowest BCUT2D eigenvalue weighted by Gasteiger charge is -2.13. The van der Waals surface area contributed by atoms with Crippen LogP contribution in [0, 0.1) is 0 Å². The number of nitrogens with zero attached hydrogens (tertiary/aromatic N) is 1. The molecule has 2 aromatic carbocycles. The molecule has 20 heavy (non-hydrogen) atoms. The van der Waals surface area contributed by atoms with Gasteiger partial charge >= 0.3 is 0 Å². The third-order valence-electron chi connectivity index (χ3n) is 4.14. The van der Waals surface area contributed by atoms with Crippen LogP contribution in [0.4, 0.5) is 5.69 Å². The Balaban J connectivity index is 1.84. The molecule has 2 heteroatoms. The fourth-order valence-corrected chi connectivity index (χ4v) is 3.28. The lowest BCUT2D eigenvalue weighted by Crippen LogP contribution is -2.08. The molecule has 0 radical (unpaired) electrons. The van der Waals surface area contributed by atoms with E-state index in [1.165, 1.54) is 40.8 Å². The molecule has 2 aromatic rings. The highest BCUT2D eigenvalue weighted by Crippen LogP contribution is 2.32. The van der Waals surface area contributed by atoms with Crippen LogP contribution in [0.1, 0.15) is 28.7 Å². The molecule has 0 saturated carbocycles. The summed E-state index contributed by atoms with van der Waals surface area (Å²) in [5.41, 5.74) is 6.63. The van der Waals surface area contributed by atoms with E-state index in [-0.39, 0.29) is 0 Å². The van der Waals surface area contributed by atoms with Crippen molar-refractivity contribution in [2.24, 2.45) is 0 Å². The summed E-state index contributed by atoms with van der Waals surface area (Å²) in [5.74, 6) is 0. The summed E-state index contributed by atoms with van der Waals surface area (Å²) >= 11 is 6.58. The van der Waals surface area contributed by atoms with E-state index in [0.717, 1.165) is 17.9 Å². The van der Waals surface area contributed by atoms with Crippen molar-refractivity contribution in [3.05, 3.63) is 63.7 Å². The zero-order valence-corrected chi connectivity index (χ0v) is 12.9. The molecule has 1 nitrogen and oxygen atoms in total. The third kappa shape index (κ3) is 2.55. The Bertz CT molecular complexity index is 614. The highest BCUT2D eigenvalue weighted by atomic mass is 35.5. The van der Waals surface area contributed by atoms with Gasteiger partial charge in [0.05, 0.1) is 0 Å². The zero-order valence-electron chi connectivity index (χ0n) is 12.1. The number of hydrogen-bond donors (Lipinski definition) is 0. The van der Waals surface area contributed by atoms with Crippen LogP contribution in [-0.2, 0) is 19.3 Å². The van der Waals surface area contributed by atoms with Gasteiger partial charge in [-0.2, -0.15) is 0 Å². The minimum absolute atomic E-state index is 0.916. The van der Waals surface area contributed by atoms with Crippen molar-refractivity contribution in [2.75, 3.05) is 19.0 Å². The molecule has 0 N–H and O–H groups in total. The number of hydrogen-bond acceptors (Lipinski definition) is 1. The Kier molecular flexibility index (Phi) is 3.71. The summed E-state index contributed by atoms with van der Waals surface area (Å²) in [6.07, 6.45) is 4.49. The first kappa shape index (κ1) is 13.5. The van der Waals surface area contributed by atoms with Crippen molar-refractivity contribution in [3.8, 4) is 0 Å². The first-order valence-electron chi connectivity index (χ1n) is 7.20. The van der Waals surface area contributed by atoms with Gasteiger partial charge in [0.1, 0.15) is 0 Å². The van der Waals surface area contributed by atoms with Crippen LogP contribution in [0.3, 0.4) is 0 Å². The summed E-state index contributed by atoms with van der Waals surface area (Å²) in [4.78, 5) is 2.12. The summed E-state index contributed by atoms with van der Waals surface area (Å²) in [5, 5.41) is 0.997. The van der Waals surface area contributed by atoms with E-state index in [2.05, 4.69) is 55.4 Å². The summed E-state index contributed by atoms with van der Waals surface area (Å²) in [6, 6.07) is 13.2. The second kappa shape index (κ2) is 5.49. The van der Waals surface area contributed by atoms with Crippen LogP contribution in [0.2, 0.25) is 5.02 Å². The van der Waals surface area contributed by atoms with Gasteiger partial charge < -0.3 is 4.90 Å². The predicted molar refractivity (Wildman–Crippen MR) is 87.1 cm³/mol. The van der Waals surface area contributed by atoms with Crippen LogP contribution < -0.4 is 4.90 Å². The van der Waals surface area contributed by atoms with Crippen LogP contribution in [0.15, 0.2) is 36.4 Å². The Morgan fingerprint density at radius 1 is 1.00 bits per heavy atom. The molecule has 0 aliphatic heterocycles. The van der Waals surface area contributed by atoms with Crippen molar-refractivity contribution in [3.63, 3.8) is 0 Å². The SMILES string of the molecule is CN(C)c1ccc(Cc2ccc3c(c2Cl)CCC3)cc1. The van der Waals surface area contributed by atoms with Gasteiger partial charge in [-0.3, -0.25) is 0 Å². The number of halogens is 1. The van der Waals surface area contributed by atoms with Gasteiger partial charge in [-0.1, -0.05) is 35.9 Å². The smallest absolute Gasteiger partial charge is 0.0476 e. The number of fused-ring (bicyclic) bond motifs is 1. The minimum atomic E-state index is 0.916. The molecule has 0 spiro atoms. The number of rotatable bonds is 3. The van der Waals surface area contributed by atoms with Gasteiger partial charge in [-0.25, -0.2) is 0 Å². The fourth-order valence-electron chi connectivity index (χ4n) is 2.94. The maximum absolute atomic E-state index is 6.58. The monoisotopic (exact) mass is 285 g/mol. The van der Waals surface area contributed by atoms with Crippen molar-refractivity contribution in [2.45, 2.75) is 25.7 Å². The topological polar surface area (TPSA) is 3.24 Å². The highest BCUT2D eigenvalue weighted by molar-refractivity contribution is 6.32. The third-order valence-corrected chi connectivity index (χ3v) is 4.61. The zero-order chi connectivity index (χ0) is 14.1. The standard InChI is InChI=1S/C18H20ClN/c1-20(2)16-10-6-13(7-11-16)12-15-9-8-14-4-3-5-17(14)18(15)19/h6-11H,3-5,12H2,1-2H3. The Hall–Kier alpha value is -1.47. The van der Waals surface area contributed by atoms with E-state index in [1.807, 2.05) is 0 Å². The molecule has 0 heterocycles. The number of aryl methyl sites for hydroxylation is 1. The van der Waals surface area contributed by atoms with E-state index in [4.69, 9.17) is 11.6 Å². The second-order valence-corrected chi connectivity index (χ2v) is 6.15. The maximum atomic E-state index is 6.58. The predicted octanol–water partition coefficient (Wildman–Crippen LogP) is 4.49. The molecule has 0 aromatic heterocycles. The van der Waals surface area contributed by atoms with Crippen LogP contribution in [-0.4, -0.2) is 14.1 Å². The molecular weight excluding hydrogens is 266 g/mol. The minimum Gasteiger partial charge on any atom is -0.378 e. The largest absolute Gasteiger partial charge is 0.378 e. The molecule has 1 aliphatic rings. The molecule has 0 amide bonds. The van der Waals surface area contributed by atoms with E-state index in [0.29, 0.717) is 0 Å². The van der Waals surface area contributed by atoms with Gasteiger partial charge in [0, 0.05) is 24.8 Å². The summed E-state index contributed by atoms with van der Waals surface area (Å²) in [6.45, 7) is 0. The van der Waals surface area contributed by atoms with Crippen LogP contribution >= 0.6 is 11.6 Å². The first-order chi connectivity index (χ1) is 9.65. The Morgan fingerprint density at radius 2 is 1.75 bits per heavy atom. The molecule has 3 rings (SSSR count). The fraction of sp³-hybridized carbons (Fsp3) is 0.333. The molecule has 104 valence electrons. The van der Waals surface area contributed by atoms with E-state index < -0.39 is 0 Å². The summed E-state index contributed by atoms with van der Waals surface area (Å²) in [7, 11) is 4.12. The van der Waals surface area contributed by atoms with E-state index >= 15 is 0 Å². The van der Waals surface area contributed by atoms with Gasteiger partial charge in [-0.05, 0) is 60.1 Å². The molecular formula is C18H20ClN. The Labute approximate surface area is 126 Å². The van der Waals surface area contributed by atoms with Crippen LogP contribution in [0.25, 0.3) is 0 Å². The van der Waals surface area contributed by atoms with Gasteiger partial charge in [0.2, 0.25) is 0 Å². The van der Waals surface area contributed by atoms with E-state index in [1.54, 1.807) is 0 Å². The van der Waals surface area contributed by atoms with Crippen molar-refractivity contribution in [1.82, 2.24) is 0 Å². The van der Waals surface area contributed by atoms with Gasteiger partial charge in [-0.15, -0.1) is 0 Å². The maximum Gasteiger partial charge on any atom is 0.0476 e. The average molecular weight is 286 g/mol. The summed E-state index contributed by atoms with van der Waals surface area (Å²) < 4.78 is 0. The highest BCUT2D eigenvalue weighted by Gasteiger charge is 2.16. The van der Waals surface area contributed by atoms with Gasteiger partial charge in [0.15, 0.2) is 0 Å². The van der Waals surface area contributed by atoms with Crippen molar-refractivity contribution in [1.29, 1.82) is 0 Å². The van der Waals surface area contributed by atoms with Crippen molar-refractivity contribution < 1.29 is 0 Å². The Morgan fingerprint density at radius 3 is 2.45 bits per heavy atom. The number of benzene rings is 2. The molecule has 0 atom stereocenters. The lowest BCUT2D eigenvalue weighted by atomic mass is 10.00. The molecule has 0 fully saturated rings. The first-order valence-corrected chi connectivity index (χ1v) is 7.58. The quantitative estimate of drug-likeness (QED) is 0.803. The van der Waals surface area contributed by atoms with Crippen LogP contribution in [0.5, 0.6) is 0 Å². The number of anilines is 1. The normalized spacial score (nSPS) is 13.3. The van der Waals surface area contributed by atoms with Gasteiger partial charge in [0.25, 0.3) is 0 Å². The van der Waals surface area contributed by atoms with Crippen molar-refractivity contribution >= 4 is 17.3 Å². The van der Waals surface area contributed by atoms with E-state index in [9.17, 15) is 0 Å². The molecule has 0 bridgehead atoms. The molecule has 0 unspecified atom stereocenters. The lowest BCUT2D eigenvalue weighted by molar-refractivity contribution is 0.911. The average Bonchev–Trinajstić information content (AvgIpc) is 2.92. The molecule has 0 saturated heterocycles. The molecule has 1 aliphatic carbocycles. The second-order valence-electron chi connectivity index (χ2n) is 5.77.